The van der Waals surface area contributed by atoms with Crippen molar-refractivity contribution in [1.82, 2.24) is 0 Å². The Bertz CT molecular complexity index is 86.5. The Morgan fingerprint density at radius 3 is 2.38 bits per heavy atom. The fraction of sp³-hybridized carbons (Fsp3) is 1.00. The first-order chi connectivity index (χ1) is 3.67. The summed E-state index contributed by atoms with van der Waals surface area (Å²) >= 11 is 3.26. The van der Waals surface area contributed by atoms with E-state index in [9.17, 15) is 5.11 Å². The zero-order valence-electron chi connectivity index (χ0n) is 5.02. The van der Waals surface area contributed by atoms with Crippen molar-refractivity contribution in [2.24, 2.45) is 5.92 Å². The molecule has 0 amide bonds. The molecule has 0 aliphatic heterocycles. The molecule has 1 rings (SSSR count). The van der Waals surface area contributed by atoms with Gasteiger partial charge in [0.15, 0.2) is 0 Å². The van der Waals surface area contributed by atoms with Gasteiger partial charge in [-0.3, -0.25) is 0 Å². The second-order valence-electron chi connectivity index (χ2n) is 2.77. The highest BCUT2D eigenvalue weighted by molar-refractivity contribution is 9.09. The minimum atomic E-state index is -0.431. The molecule has 1 fully saturated rings. The largest absolute Gasteiger partial charge is 0.389 e. The lowest BCUT2D eigenvalue weighted by molar-refractivity contribution is 0.0632. The molecule has 0 bridgehead atoms. The van der Waals surface area contributed by atoms with Crippen molar-refractivity contribution in [1.29, 1.82) is 0 Å². The zero-order valence-corrected chi connectivity index (χ0v) is 6.61. The van der Waals surface area contributed by atoms with Gasteiger partial charge >= 0.3 is 0 Å². The summed E-state index contributed by atoms with van der Waals surface area (Å²) in [6.07, 6.45) is 2.41. The van der Waals surface area contributed by atoms with Crippen LogP contribution < -0.4 is 0 Å². The molecule has 1 nitrogen and oxygen atoms in total. The van der Waals surface area contributed by atoms with Crippen LogP contribution in [0, 0.1) is 5.92 Å². The van der Waals surface area contributed by atoms with Crippen LogP contribution in [0.1, 0.15) is 19.8 Å². The minimum Gasteiger partial charge on any atom is -0.389 e. The van der Waals surface area contributed by atoms with E-state index < -0.39 is 5.60 Å². The number of hydrogen-bond donors (Lipinski definition) is 1. The standard InChI is InChI=1S/C6H11BrO/c1-6(8,4-7)5-2-3-5/h5,8H,2-4H2,1H3/t6-/m0/s1. The molecule has 48 valence electrons. The SMILES string of the molecule is C[C@](O)(CBr)C1CC1. The lowest BCUT2D eigenvalue weighted by Crippen LogP contribution is -2.28. The average Bonchev–Trinajstić information content (AvgIpc) is 2.44. The van der Waals surface area contributed by atoms with Crippen molar-refractivity contribution in [3.8, 4) is 0 Å². The summed E-state index contributed by atoms with van der Waals surface area (Å²) < 4.78 is 0. The monoisotopic (exact) mass is 178 g/mol. The van der Waals surface area contributed by atoms with Crippen LogP contribution in [0.15, 0.2) is 0 Å². The van der Waals surface area contributed by atoms with Crippen LogP contribution >= 0.6 is 15.9 Å². The highest BCUT2D eigenvalue weighted by Crippen LogP contribution is 2.40. The summed E-state index contributed by atoms with van der Waals surface area (Å²) in [6, 6.07) is 0. The molecule has 0 heterocycles. The molecule has 8 heavy (non-hydrogen) atoms. The van der Waals surface area contributed by atoms with Crippen LogP contribution in [0.4, 0.5) is 0 Å². The van der Waals surface area contributed by atoms with E-state index in [0.717, 1.165) is 0 Å². The maximum Gasteiger partial charge on any atom is 0.0744 e. The summed E-state index contributed by atoms with van der Waals surface area (Å²) in [4.78, 5) is 0. The Hall–Kier alpha value is 0.440. The molecule has 0 aromatic carbocycles. The lowest BCUT2D eigenvalue weighted by Gasteiger charge is -2.18. The minimum absolute atomic E-state index is 0.431. The summed E-state index contributed by atoms with van der Waals surface area (Å²) in [7, 11) is 0. The van der Waals surface area contributed by atoms with E-state index in [4.69, 9.17) is 0 Å². The van der Waals surface area contributed by atoms with Gasteiger partial charge in [-0.25, -0.2) is 0 Å². The fourth-order valence-corrected chi connectivity index (χ4v) is 1.27. The van der Waals surface area contributed by atoms with E-state index in [2.05, 4.69) is 15.9 Å². The normalized spacial score (nSPS) is 27.4. The quantitative estimate of drug-likeness (QED) is 0.637. The number of aliphatic hydroxyl groups is 1. The molecular formula is C6H11BrO. The first-order valence-electron chi connectivity index (χ1n) is 2.95. The van der Waals surface area contributed by atoms with E-state index in [1.807, 2.05) is 6.92 Å². The van der Waals surface area contributed by atoms with Gasteiger partial charge in [-0.15, -0.1) is 0 Å². The van der Waals surface area contributed by atoms with E-state index >= 15 is 0 Å². The Labute approximate surface area is 58.2 Å². The molecule has 1 N–H and O–H groups in total. The lowest BCUT2D eigenvalue weighted by atomic mass is 10.0. The van der Waals surface area contributed by atoms with Gasteiger partial charge in [-0.05, 0) is 25.7 Å². The molecule has 1 atom stereocenters. The van der Waals surface area contributed by atoms with Gasteiger partial charge in [0.05, 0.1) is 5.60 Å². The molecule has 0 aromatic heterocycles. The third-order valence-electron chi connectivity index (χ3n) is 1.73. The fourth-order valence-electron chi connectivity index (χ4n) is 0.814. The first kappa shape index (κ1) is 6.56. The van der Waals surface area contributed by atoms with Gasteiger partial charge < -0.3 is 5.11 Å². The van der Waals surface area contributed by atoms with Crippen molar-refractivity contribution >= 4 is 15.9 Å². The van der Waals surface area contributed by atoms with Gasteiger partial charge in [0, 0.05) is 5.33 Å². The smallest absolute Gasteiger partial charge is 0.0744 e. The number of alkyl halides is 1. The highest BCUT2D eigenvalue weighted by atomic mass is 79.9. The zero-order chi connectivity index (χ0) is 6.20. The third kappa shape index (κ3) is 1.23. The summed E-state index contributed by atoms with van der Waals surface area (Å²) in [5.41, 5.74) is -0.431. The van der Waals surface area contributed by atoms with E-state index in [-0.39, 0.29) is 0 Å². The summed E-state index contributed by atoms with van der Waals surface area (Å²) in [5.74, 6) is 0.571. The first-order valence-corrected chi connectivity index (χ1v) is 4.07. The molecule has 2 heteroatoms. The van der Waals surface area contributed by atoms with Crippen LogP contribution in [-0.4, -0.2) is 16.0 Å². The Morgan fingerprint density at radius 1 is 1.75 bits per heavy atom. The molecule has 1 aliphatic rings. The van der Waals surface area contributed by atoms with Crippen molar-refractivity contribution in [3.63, 3.8) is 0 Å². The molecule has 0 unspecified atom stereocenters. The molecule has 0 spiro atoms. The van der Waals surface area contributed by atoms with Crippen LogP contribution in [0.25, 0.3) is 0 Å². The highest BCUT2D eigenvalue weighted by Gasteiger charge is 2.38. The average molecular weight is 179 g/mol. The molecule has 0 radical (unpaired) electrons. The second-order valence-corrected chi connectivity index (χ2v) is 3.33. The molecule has 0 aromatic rings. The number of hydrogen-bond acceptors (Lipinski definition) is 1. The van der Waals surface area contributed by atoms with Crippen molar-refractivity contribution in [2.75, 3.05) is 5.33 Å². The Kier molecular flexibility index (Phi) is 1.63. The Balaban J connectivity index is 2.37. The number of rotatable bonds is 2. The van der Waals surface area contributed by atoms with Crippen LogP contribution in [0.3, 0.4) is 0 Å². The van der Waals surface area contributed by atoms with Crippen LogP contribution in [-0.2, 0) is 0 Å². The summed E-state index contributed by atoms with van der Waals surface area (Å²) in [6.45, 7) is 1.89. The van der Waals surface area contributed by atoms with E-state index in [1.54, 1.807) is 0 Å². The maximum atomic E-state index is 9.42. The second kappa shape index (κ2) is 1.99. The van der Waals surface area contributed by atoms with Crippen molar-refractivity contribution in [3.05, 3.63) is 0 Å². The predicted octanol–water partition coefficient (Wildman–Crippen LogP) is 1.54. The van der Waals surface area contributed by atoms with Gasteiger partial charge in [0.25, 0.3) is 0 Å². The third-order valence-corrected chi connectivity index (χ3v) is 2.86. The van der Waals surface area contributed by atoms with Gasteiger partial charge in [0.2, 0.25) is 0 Å². The summed E-state index contributed by atoms with van der Waals surface area (Å²) in [5, 5.41) is 10.1. The predicted molar refractivity (Wildman–Crippen MR) is 37.1 cm³/mol. The molecular weight excluding hydrogens is 168 g/mol. The van der Waals surface area contributed by atoms with Gasteiger partial charge in [-0.2, -0.15) is 0 Å². The molecule has 0 saturated heterocycles. The Morgan fingerprint density at radius 2 is 2.25 bits per heavy atom. The van der Waals surface area contributed by atoms with Gasteiger partial charge in [0.1, 0.15) is 0 Å². The molecule has 1 saturated carbocycles. The molecule has 1 aliphatic carbocycles. The topological polar surface area (TPSA) is 20.2 Å². The van der Waals surface area contributed by atoms with Gasteiger partial charge in [-0.1, -0.05) is 15.9 Å². The van der Waals surface area contributed by atoms with E-state index in [0.29, 0.717) is 11.2 Å². The maximum absolute atomic E-state index is 9.42. The van der Waals surface area contributed by atoms with Crippen LogP contribution in [0.5, 0.6) is 0 Å². The van der Waals surface area contributed by atoms with Crippen molar-refractivity contribution in [2.45, 2.75) is 25.4 Å². The van der Waals surface area contributed by atoms with E-state index in [1.165, 1.54) is 12.8 Å². The van der Waals surface area contributed by atoms with Crippen molar-refractivity contribution < 1.29 is 5.11 Å². The van der Waals surface area contributed by atoms with Crippen LogP contribution in [0.2, 0.25) is 0 Å². The number of halogens is 1.